The summed E-state index contributed by atoms with van der Waals surface area (Å²) in [6, 6.07) is 6.07. The molecule has 2 aromatic carbocycles. The number of H-pyrrole nitrogens is 1. The van der Waals surface area contributed by atoms with E-state index in [4.69, 9.17) is 0 Å². The van der Waals surface area contributed by atoms with E-state index in [-0.39, 0.29) is 22.4 Å². The Morgan fingerprint density at radius 3 is 2.72 bits per heavy atom. The van der Waals surface area contributed by atoms with Gasteiger partial charge in [-0.05, 0) is 31.2 Å². The van der Waals surface area contributed by atoms with E-state index < -0.39 is 29.1 Å². The molecule has 0 unspecified atom stereocenters. The Bertz CT molecular complexity index is 1550. The second-order valence-corrected chi connectivity index (χ2v) is 7.03. The summed E-state index contributed by atoms with van der Waals surface area (Å²) in [5, 5.41) is 2.79. The van der Waals surface area contributed by atoms with E-state index in [9.17, 15) is 18.0 Å². The topological polar surface area (TPSA) is 101 Å². The lowest BCUT2D eigenvalue weighted by Gasteiger charge is -2.20. The molecule has 1 atom stereocenters. The van der Waals surface area contributed by atoms with Gasteiger partial charge in [0.05, 0.1) is 23.6 Å². The van der Waals surface area contributed by atoms with Gasteiger partial charge < -0.3 is 10.3 Å². The molecule has 0 bridgehead atoms. The van der Waals surface area contributed by atoms with E-state index in [0.29, 0.717) is 23.0 Å². The SMILES string of the molecule is C[C@H](Nc1ncnc2[nH]cnc12)c1nc2cccc(F)c2c(=O)n1-c1ccc(F)cc1F. The van der Waals surface area contributed by atoms with Crippen molar-refractivity contribution in [3.05, 3.63) is 82.7 Å². The third kappa shape index (κ3) is 3.14. The van der Waals surface area contributed by atoms with Crippen molar-refractivity contribution in [2.75, 3.05) is 5.32 Å². The smallest absolute Gasteiger partial charge is 0.269 e. The highest BCUT2D eigenvalue weighted by Gasteiger charge is 2.23. The Hall–Kier alpha value is -4.28. The zero-order valence-corrected chi connectivity index (χ0v) is 16.5. The molecule has 11 heteroatoms. The van der Waals surface area contributed by atoms with Crippen molar-refractivity contribution in [3.63, 3.8) is 0 Å². The van der Waals surface area contributed by atoms with Crippen LogP contribution in [-0.4, -0.2) is 29.5 Å². The number of nitrogens with one attached hydrogen (secondary N) is 2. The molecule has 0 saturated carbocycles. The van der Waals surface area contributed by atoms with E-state index in [0.717, 1.165) is 22.8 Å². The third-order valence-electron chi connectivity index (χ3n) is 4.98. The highest BCUT2D eigenvalue weighted by Crippen LogP contribution is 2.25. The quantitative estimate of drug-likeness (QED) is 0.445. The lowest BCUT2D eigenvalue weighted by atomic mass is 10.2. The maximum Gasteiger partial charge on any atom is 0.269 e. The number of rotatable bonds is 4. The highest BCUT2D eigenvalue weighted by molar-refractivity contribution is 5.82. The predicted octanol–water partition coefficient (Wildman–Crippen LogP) is 3.64. The second-order valence-electron chi connectivity index (χ2n) is 7.03. The van der Waals surface area contributed by atoms with Gasteiger partial charge in [0, 0.05) is 6.07 Å². The Balaban J connectivity index is 1.74. The fourth-order valence-electron chi connectivity index (χ4n) is 3.53. The summed E-state index contributed by atoms with van der Waals surface area (Å²) in [6.45, 7) is 1.67. The van der Waals surface area contributed by atoms with Crippen LogP contribution in [0.3, 0.4) is 0 Å². The lowest BCUT2D eigenvalue weighted by molar-refractivity contribution is 0.571. The fourth-order valence-corrected chi connectivity index (χ4v) is 3.53. The van der Waals surface area contributed by atoms with Gasteiger partial charge in [0.25, 0.3) is 5.56 Å². The first kappa shape index (κ1) is 19.7. The summed E-state index contributed by atoms with van der Waals surface area (Å²) >= 11 is 0. The van der Waals surface area contributed by atoms with Crippen molar-refractivity contribution in [2.24, 2.45) is 0 Å². The number of halogens is 3. The van der Waals surface area contributed by atoms with E-state index in [1.54, 1.807) is 6.92 Å². The standard InChI is InChI=1S/C21H14F3N7O/c1-10(29-19-17-18(26-8-25-17)27-9-28-19)20-30-14-4-2-3-12(23)16(14)21(32)31(20)15-6-5-11(22)7-13(15)24/h2-10H,1H3,(H2,25,26,27,28,29)/t10-/m0/s1. The van der Waals surface area contributed by atoms with Crippen molar-refractivity contribution in [1.82, 2.24) is 29.5 Å². The summed E-state index contributed by atoms with van der Waals surface area (Å²) in [4.78, 5) is 33.0. The van der Waals surface area contributed by atoms with E-state index in [1.165, 1.54) is 24.8 Å². The van der Waals surface area contributed by atoms with Crippen molar-refractivity contribution >= 4 is 27.9 Å². The van der Waals surface area contributed by atoms with Gasteiger partial charge in [-0.2, -0.15) is 0 Å². The monoisotopic (exact) mass is 437 g/mol. The molecule has 0 saturated heterocycles. The number of fused-ring (bicyclic) bond motifs is 2. The van der Waals surface area contributed by atoms with Gasteiger partial charge in [0.1, 0.15) is 40.5 Å². The molecule has 3 heterocycles. The molecule has 5 rings (SSSR count). The second kappa shape index (κ2) is 7.45. The molecule has 2 N–H and O–H groups in total. The minimum Gasteiger partial charge on any atom is -0.358 e. The normalized spacial score (nSPS) is 12.4. The molecule has 32 heavy (non-hydrogen) atoms. The lowest BCUT2D eigenvalue weighted by Crippen LogP contribution is -2.28. The summed E-state index contributed by atoms with van der Waals surface area (Å²) < 4.78 is 43.6. The summed E-state index contributed by atoms with van der Waals surface area (Å²) in [5.41, 5.74) is -0.0385. The number of aromatic amines is 1. The number of nitrogens with zero attached hydrogens (tertiary/aromatic N) is 5. The maximum absolute atomic E-state index is 14.7. The van der Waals surface area contributed by atoms with Crippen LogP contribution in [-0.2, 0) is 0 Å². The van der Waals surface area contributed by atoms with Gasteiger partial charge in [-0.1, -0.05) is 6.07 Å². The van der Waals surface area contributed by atoms with Crippen molar-refractivity contribution in [2.45, 2.75) is 13.0 Å². The van der Waals surface area contributed by atoms with Crippen LogP contribution >= 0.6 is 0 Å². The number of anilines is 1. The molecule has 3 aromatic heterocycles. The molecule has 0 fully saturated rings. The zero-order valence-electron chi connectivity index (χ0n) is 16.5. The molecule has 0 aliphatic rings. The van der Waals surface area contributed by atoms with Crippen LogP contribution in [0.4, 0.5) is 19.0 Å². The first-order valence-corrected chi connectivity index (χ1v) is 9.51. The van der Waals surface area contributed by atoms with Crippen LogP contribution in [0.2, 0.25) is 0 Å². The molecule has 8 nitrogen and oxygen atoms in total. The molecular formula is C21H14F3N7O. The Labute approximate surface area is 177 Å². The predicted molar refractivity (Wildman–Crippen MR) is 111 cm³/mol. The zero-order chi connectivity index (χ0) is 22.4. The molecule has 0 aliphatic carbocycles. The average Bonchev–Trinajstić information content (AvgIpc) is 3.24. The van der Waals surface area contributed by atoms with Gasteiger partial charge in [-0.3, -0.25) is 9.36 Å². The minimum atomic E-state index is -0.991. The van der Waals surface area contributed by atoms with Crippen LogP contribution < -0.4 is 10.9 Å². The van der Waals surface area contributed by atoms with Crippen LogP contribution in [0.5, 0.6) is 0 Å². The van der Waals surface area contributed by atoms with Crippen LogP contribution in [0.25, 0.3) is 27.8 Å². The fraction of sp³-hybridized carbons (Fsp3) is 0.0952. The van der Waals surface area contributed by atoms with Crippen LogP contribution in [0, 0.1) is 17.5 Å². The summed E-state index contributed by atoms with van der Waals surface area (Å²) in [6.07, 6.45) is 2.78. The van der Waals surface area contributed by atoms with Gasteiger partial charge in [-0.15, -0.1) is 0 Å². The largest absolute Gasteiger partial charge is 0.358 e. The molecule has 0 amide bonds. The van der Waals surface area contributed by atoms with Gasteiger partial charge in [-0.25, -0.2) is 33.1 Å². The number of imidazole rings is 1. The van der Waals surface area contributed by atoms with E-state index >= 15 is 0 Å². The third-order valence-corrected chi connectivity index (χ3v) is 4.98. The van der Waals surface area contributed by atoms with Gasteiger partial charge in [0.2, 0.25) is 0 Å². The Morgan fingerprint density at radius 2 is 1.91 bits per heavy atom. The number of benzene rings is 2. The van der Waals surface area contributed by atoms with Gasteiger partial charge >= 0.3 is 0 Å². The summed E-state index contributed by atoms with van der Waals surface area (Å²) in [5.74, 6) is -2.18. The van der Waals surface area contributed by atoms with Crippen molar-refractivity contribution in [1.29, 1.82) is 0 Å². The van der Waals surface area contributed by atoms with E-state index in [1.807, 2.05) is 0 Å². The van der Waals surface area contributed by atoms with Crippen molar-refractivity contribution in [3.8, 4) is 5.69 Å². The number of hydrogen-bond acceptors (Lipinski definition) is 6. The first-order valence-electron chi connectivity index (χ1n) is 9.51. The Morgan fingerprint density at radius 1 is 1.06 bits per heavy atom. The number of hydrogen-bond donors (Lipinski definition) is 2. The minimum absolute atomic E-state index is 0.0703. The van der Waals surface area contributed by atoms with Gasteiger partial charge in [0.15, 0.2) is 11.5 Å². The molecule has 0 radical (unpaired) electrons. The Kier molecular flexibility index (Phi) is 4.58. The molecular weight excluding hydrogens is 423 g/mol. The average molecular weight is 437 g/mol. The molecule has 5 aromatic rings. The molecule has 160 valence electrons. The van der Waals surface area contributed by atoms with E-state index in [2.05, 4.69) is 30.2 Å². The van der Waals surface area contributed by atoms with Crippen LogP contribution in [0.1, 0.15) is 18.8 Å². The molecule has 0 spiro atoms. The first-order chi connectivity index (χ1) is 15.4. The number of aromatic nitrogens is 6. The maximum atomic E-state index is 14.7. The highest BCUT2D eigenvalue weighted by atomic mass is 19.1. The van der Waals surface area contributed by atoms with Crippen molar-refractivity contribution < 1.29 is 13.2 Å². The van der Waals surface area contributed by atoms with Crippen LogP contribution in [0.15, 0.2) is 53.8 Å². The molecule has 0 aliphatic heterocycles. The summed E-state index contributed by atoms with van der Waals surface area (Å²) in [7, 11) is 0.